The molecule has 0 radical (unpaired) electrons. The van der Waals surface area contributed by atoms with E-state index >= 15 is 0 Å². The molecule has 2 saturated heterocycles. The van der Waals surface area contributed by atoms with Gasteiger partial charge >= 0.3 is 12.1 Å². The van der Waals surface area contributed by atoms with Crippen molar-refractivity contribution >= 4 is 28.5 Å². The fourth-order valence-electron chi connectivity index (χ4n) is 4.54. The minimum absolute atomic E-state index is 0.105. The molecule has 0 aliphatic carbocycles. The van der Waals surface area contributed by atoms with Crippen LogP contribution in [0.25, 0.3) is 10.9 Å². The molecule has 1 unspecified atom stereocenters. The lowest BCUT2D eigenvalue weighted by Gasteiger charge is -2.34. The number of aliphatic carboxylic acids is 1. The van der Waals surface area contributed by atoms with E-state index in [0.29, 0.717) is 6.54 Å². The van der Waals surface area contributed by atoms with Crippen molar-refractivity contribution in [3.8, 4) is 0 Å². The number of benzene rings is 2. The quantitative estimate of drug-likeness (QED) is 0.490. The lowest BCUT2D eigenvalue weighted by Crippen LogP contribution is -2.48. The molecule has 2 aliphatic rings. The molecule has 2 aliphatic heterocycles. The number of fused-ring (bicyclic) bond motifs is 1. The van der Waals surface area contributed by atoms with Gasteiger partial charge in [0.1, 0.15) is 0 Å². The summed E-state index contributed by atoms with van der Waals surface area (Å²) in [4.78, 5) is 31.8. The molecule has 3 N–H and O–H groups in total. The molecule has 3 heterocycles. The van der Waals surface area contributed by atoms with Crippen molar-refractivity contribution in [3.63, 3.8) is 0 Å². The van der Waals surface area contributed by atoms with Crippen molar-refractivity contribution < 1.29 is 33.0 Å². The number of hydrogen-bond acceptors (Lipinski definition) is 5. The van der Waals surface area contributed by atoms with Gasteiger partial charge in [-0.15, -0.1) is 0 Å². The van der Waals surface area contributed by atoms with Crippen LogP contribution in [0.3, 0.4) is 0 Å². The normalized spacial score (nSPS) is 18.5. The van der Waals surface area contributed by atoms with Gasteiger partial charge in [0.25, 0.3) is 5.91 Å². The summed E-state index contributed by atoms with van der Waals surface area (Å²) in [5.74, 6) is -2.65. The average Bonchev–Trinajstić information content (AvgIpc) is 3.49. The first kappa shape index (κ1) is 26.5. The molecule has 2 fully saturated rings. The van der Waals surface area contributed by atoms with Crippen molar-refractivity contribution in [2.75, 3.05) is 44.2 Å². The molecular weight excluding hydrogens is 489 g/mol. The number of hydrogen-bond donors (Lipinski definition) is 3. The van der Waals surface area contributed by atoms with E-state index in [1.807, 2.05) is 35.2 Å². The summed E-state index contributed by atoms with van der Waals surface area (Å²) < 4.78 is 31.7. The zero-order valence-corrected chi connectivity index (χ0v) is 20.1. The number of carboxylic acids is 1. The fourth-order valence-corrected chi connectivity index (χ4v) is 4.54. The van der Waals surface area contributed by atoms with Crippen LogP contribution in [0.4, 0.5) is 18.9 Å². The molecule has 0 bridgehead atoms. The van der Waals surface area contributed by atoms with Crippen molar-refractivity contribution in [2.24, 2.45) is 0 Å². The van der Waals surface area contributed by atoms with Gasteiger partial charge in [0.05, 0.1) is 6.10 Å². The molecule has 1 amide bonds. The summed E-state index contributed by atoms with van der Waals surface area (Å²) in [5.41, 5.74) is 4.21. The molecule has 1 aromatic heterocycles. The van der Waals surface area contributed by atoms with Gasteiger partial charge in [-0.1, -0.05) is 18.2 Å². The first-order chi connectivity index (χ1) is 17.6. The highest BCUT2D eigenvalue weighted by Gasteiger charge is 2.38. The van der Waals surface area contributed by atoms with Gasteiger partial charge < -0.3 is 25.0 Å². The van der Waals surface area contributed by atoms with Gasteiger partial charge in [-0.2, -0.15) is 13.2 Å². The highest BCUT2D eigenvalue weighted by Crippen LogP contribution is 2.22. The van der Waals surface area contributed by atoms with E-state index < -0.39 is 12.1 Å². The molecule has 37 heavy (non-hydrogen) atoms. The molecule has 1 atom stereocenters. The Hall–Kier alpha value is -3.57. The average molecular weight is 519 g/mol. The zero-order valence-electron chi connectivity index (χ0n) is 20.1. The number of aliphatic hydroxyl groups is 1. The van der Waals surface area contributed by atoms with Crippen LogP contribution in [-0.4, -0.2) is 88.4 Å². The molecular formula is C26H29F3N4O4. The summed E-state index contributed by atoms with van der Waals surface area (Å²) in [6.45, 7) is 5.68. The first-order valence-corrected chi connectivity index (χ1v) is 12.0. The second-order valence-electron chi connectivity index (χ2n) is 9.19. The Labute approximate surface area is 211 Å². The van der Waals surface area contributed by atoms with Gasteiger partial charge in [-0.05, 0) is 48.2 Å². The number of amides is 1. The number of rotatable bonds is 4. The molecule has 0 spiro atoms. The Balaban J connectivity index is 0.000000405. The molecule has 11 heteroatoms. The maximum atomic E-state index is 12.9. The number of nitrogens with zero attached hydrogens (tertiary/aromatic N) is 3. The van der Waals surface area contributed by atoms with Gasteiger partial charge in [0.2, 0.25) is 0 Å². The number of nitrogens with one attached hydrogen (secondary N) is 1. The van der Waals surface area contributed by atoms with Gasteiger partial charge in [0, 0.05) is 68.3 Å². The summed E-state index contributed by atoms with van der Waals surface area (Å²) in [6.07, 6.45) is -4.52. The predicted octanol–water partition coefficient (Wildman–Crippen LogP) is 3.33. The lowest BCUT2D eigenvalue weighted by atomic mass is 10.1. The minimum atomic E-state index is -5.08. The second kappa shape index (κ2) is 11.2. The molecule has 3 aromatic rings. The van der Waals surface area contributed by atoms with Crippen LogP contribution in [0.5, 0.6) is 0 Å². The second-order valence-corrected chi connectivity index (χ2v) is 9.19. The van der Waals surface area contributed by atoms with E-state index in [4.69, 9.17) is 9.90 Å². The highest BCUT2D eigenvalue weighted by molar-refractivity contribution is 5.94. The predicted molar refractivity (Wildman–Crippen MR) is 132 cm³/mol. The monoisotopic (exact) mass is 518 g/mol. The van der Waals surface area contributed by atoms with E-state index in [2.05, 4.69) is 39.0 Å². The number of carbonyl (C=O) groups excluding carboxylic acids is 1. The van der Waals surface area contributed by atoms with Crippen molar-refractivity contribution in [2.45, 2.75) is 25.2 Å². The van der Waals surface area contributed by atoms with E-state index in [-0.39, 0.29) is 12.0 Å². The van der Waals surface area contributed by atoms with Gasteiger partial charge in [-0.3, -0.25) is 9.69 Å². The van der Waals surface area contributed by atoms with Crippen LogP contribution < -0.4 is 4.90 Å². The van der Waals surface area contributed by atoms with Crippen LogP contribution in [0, 0.1) is 0 Å². The number of halogens is 3. The van der Waals surface area contributed by atoms with Crippen molar-refractivity contribution in [3.05, 3.63) is 65.9 Å². The number of carbonyl (C=O) groups is 2. The van der Waals surface area contributed by atoms with E-state index in [1.54, 1.807) is 0 Å². The maximum absolute atomic E-state index is 12.9. The third-order valence-electron chi connectivity index (χ3n) is 6.52. The van der Waals surface area contributed by atoms with Crippen molar-refractivity contribution in [1.29, 1.82) is 0 Å². The Morgan fingerprint density at radius 3 is 2.19 bits per heavy atom. The third-order valence-corrected chi connectivity index (χ3v) is 6.52. The number of alkyl halides is 3. The Kier molecular flexibility index (Phi) is 8.03. The summed E-state index contributed by atoms with van der Waals surface area (Å²) >= 11 is 0. The van der Waals surface area contributed by atoms with E-state index in [1.165, 1.54) is 16.6 Å². The Bertz CT molecular complexity index is 1190. The number of aromatic nitrogens is 1. The standard InChI is InChI=1S/C24H28N4O2.C2HF3O2/c29-22-9-10-28(17-22)21-7-5-18(6-8-21)24(30)27-13-11-26(12-14-27)16-20-15-19-3-1-2-4-23(19)25-20;3-2(4,5)1(6)7/h1-8,15,22,25,29H,9-14,16-17H2;(H,6,7). The van der Waals surface area contributed by atoms with Gasteiger partial charge in [-0.25, -0.2) is 4.79 Å². The summed E-state index contributed by atoms with van der Waals surface area (Å²) in [7, 11) is 0. The fraction of sp³-hybridized carbons (Fsp3) is 0.385. The number of aliphatic hydroxyl groups excluding tert-OH is 1. The zero-order chi connectivity index (χ0) is 26.6. The van der Waals surface area contributed by atoms with Gasteiger partial charge in [0.15, 0.2) is 0 Å². The third kappa shape index (κ3) is 6.80. The molecule has 0 saturated carbocycles. The Morgan fingerprint density at radius 1 is 0.973 bits per heavy atom. The number of anilines is 1. The summed E-state index contributed by atoms with van der Waals surface area (Å²) in [6, 6.07) is 18.4. The molecule has 198 valence electrons. The number of aromatic amines is 1. The topological polar surface area (TPSA) is 100 Å². The van der Waals surface area contributed by atoms with E-state index in [0.717, 1.165) is 56.9 Å². The maximum Gasteiger partial charge on any atom is 0.490 e. The minimum Gasteiger partial charge on any atom is -0.475 e. The largest absolute Gasteiger partial charge is 0.490 e. The Morgan fingerprint density at radius 2 is 1.62 bits per heavy atom. The lowest BCUT2D eigenvalue weighted by molar-refractivity contribution is -0.192. The number of β-amino-alcohol motifs (C(OH)–C–C–N with tert-alkyl or cyclic N) is 1. The van der Waals surface area contributed by atoms with Crippen LogP contribution in [0.1, 0.15) is 22.5 Å². The van der Waals surface area contributed by atoms with Crippen LogP contribution in [-0.2, 0) is 11.3 Å². The number of para-hydroxylation sites is 1. The SMILES string of the molecule is O=C(O)C(F)(F)F.O=C(c1ccc(N2CCC(O)C2)cc1)N1CCN(Cc2cc3ccccc3[nH]2)CC1. The highest BCUT2D eigenvalue weighted by atomic mass is 19.4. The number of piperazine rings is 1. The smallest absolute Gasteiger partial charge is 0.475 e. The van der Waals surface area contributed by atoms with Crippen LogP contribution in [0.15, 0.2) is 54.6 Å². The summed E-state index contributed by atoms with van der Waals surface area (Å²) in [5, 5.41) is 18.1. The first-order valence-electron chi connectivity index (χ1n) is 12.0. The number of carboxylic acid groups (broad SMARTS) is 1. The molecule has 8 nitrogen and oxygen atoms in total. The van der Waals surface area contributed by atoms with Crippen LogP contribution >= 0.6 is 0 Å². The van der Waals surface area contributed by atoms with E-state index in [9.17, 15) is 23.1 Å². The van der Waals surface area contributed by atoms with Crippen LogP contribution in [0.2, 0.25) is 0 Å². The number of H-pyrrole nitrogens is 1. The van der Waals surface area contributed by atoms with Crippen molar-refractivity contribution in [1.82, 2.24) is 14.8 Å². The molecule has 5 rings (SSSR count). The molecule has 2 aromatic carbocycles.